The van der Waals surface area contributed by atoms with Gasteiger partial charge in [-0.25, -0.2) is 13.6 Å². The maximum absolute atomic E-state index is 11.8. The largest absolute Gasteiger partial charge is 0.481 e. The minimum atomic E-state index is -3.84. The third-order valence-electron chi connectivity index (χ3n) is 2.64. The second-order valence-corrected chi connectivity index (χ2v) is 5.89. The van der Waals surface area contributed by atoms with E-state index in [0.29, 0.717) is 19.4 Å². The Morgan fingerprint density at radius 1 is 1.40 bits per heavy atom. The lowest BCUT2D eigenvalue weighted by Crippen LogP contribution is -2.26. The monoisotopic (exact) mass is 303 g/mol. The van der Waals surface area contributed by atoms with E-state index in [4.69, 9.17) is 10.2 Å². The molecule has 0 unspecified atom stereocenters. The predicted molar refractivity (Wildman–Crippen MR) is 70.6 cm³/mol. The minimum Gasteiger partial charge on any atom is -0.481 e. The Hall–Kier alpha value is -1.87. The van der Waals surface area contributed by atoms with Crippen molar-refractivity contribution < 1.29 is 23.1 Å². The highest BCUT2D eigenvalue weighted by Gasteiger charge is 2.16. The van der Waals surface area contributed by atoms with E-state index in [1.807, 2.05) is 0 Å². The molecule has 0 aliphatic rings. The Bertz CT molecular complexity index is 606. The van der Waals surface area contributed by atoms with Gasteiger partial charge in [0.1, 0.15) is 10.6 Å². The number of unbranched alkanes of at least 4 members (excludes halogenated alkanes) is 1. The van der Waals surface area contributed by atoms with Gasteiger partial charge in [-0.1, -0.05) is 0 Å². The first-order chi connectivity index (χ1) is 9.21. The molecule has 0 saturated heterocycles. The van der Waals surface area contributed by atoms with Gasteiger partial charge in [0.15, 0.2) is 0 Å². The number of primary sulfonamides is 1. The fourth-order valence-electron chi connectivity index (χ4n) is 1.61. The zero-order valence-electron chi connectivity index (χ0n) is 11.0. The fourth-order valence-corrected chi connectivity index (χ4v) is 2.19. The summed E-state index contributed by atoms with van der Waals surface area (Å²) >= 11 is 0. The van der Waals surface area contributed by atoms with E-state index in [1.165, 1.54) is 23.9 Å². The van der Waals surface area contributed by atoms with Crippen molar-refractivity contribution in [3.63, 3.8) is 0 Å². The number of nitrogens with two attached hydrogens (primary N) is 1. The van der Waals surface area contributed by atoms with Gasteiger partial charge in [-0.2, -0.15) is 0 Å². The summed E-state index contributed by atoms with van der Waals surface area (Å²) < 4.78 is 23.7. The number of nitrogens with one attached hydrogen (secondary N) is 1. The van der Waals surface area contributed by atoms with Gasteiger partial charge in [0.25, 0.3) is 5.91 Å². The van der Waals surface area contributed by atoms with Crippen LogP contribution < -0.4 is 10.5 Å². The number of amides is 1. The number of nitrogens with zero attached hydrogens (tertiary/aromatic N) is 1. The van der Waals surface area contributed by atoms with Crippen molar-refractivity contribution >= 4 is 21.9 Å². The summed E-state index contributed by atoms with van der Waals surface area (Å²) in [5.41, 5.74) is 0.173. The van der Waals surface area contributed by atoms with Crippen LogP contribution in [-0.2, 0) is 21.9 Å². The van der Waals surface area contributed by atoms with Crippen molar-refractivity contribution in [2.45, 2.75) is 24.2 Å². The van der Waals surface area contributed by atoms with Gasteiger partial charge in [-0.3, -0.25) is 9.59 Å². The number of rotatable bonds is 7. The summed E-state index contributed by atoms with van der Waals surface area (Å²) in [6.45, 7) is 0.321. The molecule has 0 saturated carbocycles. The lowest BCUT2D eigenvalue weighted by Gasteiger charge is -2.05. The fraction of sp³-hybridized carbons (Fsp3) is 0.455. The van der Waals surface area contributed by atoms with Gasteiger partial charge in [0, 0.05) is 26.2 Å². The van der Waals surface area contributed by atoms with Crippen LogP contribution in [0.2, 0.25) is 0 Å². The minimum absolute atomic E-state index is 0.0512. The molecule has 20 heavy (non-hydrogen) atoms. The second kappa shape index (κ2) is 6.53. The topological polar surface area (TPSA) is 131 Å². The number of aryl methyl sites for hydroxylation is 1. The number of aromatic nitrogens is 1. The van der Waals surface area contributed by atoms with E-state index < -0.39 is 21.9 Å². The molecule has 1 amide bonds. The van der Waals surface area contributed by atoms with Gasteiger partial charge in [0.05, 0.1) is 0 Å². The van der Waals surface area contributed by atoms with Gasteiger partial charge >= 0.3 is 5.97 Å². The third-order valence-corrected chi connectivity index (χ3v) is 3.52. The highest BCUT2D eigenvalue weighted by atomic mass is 32.2. The van der Waals surface area contributed by atoms with Crippen molar-refractivity contribution in [2.75, 3.05) is 6.54 Å². The van der Waals surface area contributed by atoms with Crippen LogP contribution in [0, 0.1) is 0 Å². The SMILES string of the molecule is Cn1cc(S(N)(=O)=O)cc1C(=O)NCCCCC(=O)O. The molecular formula is C11H17N3O5S. The normalized spacial score (nSPS) is 11.3. The van der Waals surface area contributed by atoms with E-state index in [-0.39, 0.29) is 17.0 Å². The summed E-state index contributed by atoms with van der Waals surface area (Å²) in [7, 11) is -2.31. The van der Waals surface area contributed by atoms with E-state index in [2.05, 4.69) is 5.32 Å². The molecule has 1 aromatic rings. The van der Waals surface area contributed by atoms with Crippen molar-refractivity contribution in [2.24, 2.45) is 12.2 Å². The summed E-state index contributed by atoms with van der Waals surface area (Å²) in [6, 6.07) is 1.20. The van der Waals surface area contributed by atoms with Gasteiger partial charge in [-0.05, 0) is 18.9 Å². The molecule has 0 aromatic carbocycles. The van der Waals surface area contributed by atoms with Crippen molar-refractivity contribution in [1.82, 2.24) is 9.88 Å². The Labute approximate surface area is 116 Å². The highest BCUT2D eigenvalue weighted by Crippen LogP contribution is 2.11. The Morgan fingerprint density at radius 3 is 2.55 bits per heavy atom. The van der Waals surface area contributed by atoms with Gasteiger partial charge < -0.3 is 15.0 Å². The van der Waals surface area contributed by atoms with Crippen molar-refractivity contribution in [3.8, 4) is 0 Å². The van der Waals surface area contributed by atoms with Crippen LogP contribution in [0.25, 0.3) is 0 Å². The summed E-state index contributed by atoms with van der Waals surface area (Å²) in [4.78, 5) is 22.0. The Kier molecular flexibility index (Phi) is 5.28. The Balaban J connectivity index is 2.56. The van der Waals surface area contributed by atoms with Crippen LogP contribution in [0.1, 0.15) is 29.8 Å². The lowest BCUT2D eigenvalue weighted by molar-refractivity contribution is -0.137. The zero-order chi connectivity index (χ0) is 15.3. The van der Waals surface area contributed by atoms with Crippen LogP contribution in [0.5, 0.6) is 0 Å². The molecule has 0 fully saturated rings. The second-order valence-electron chi connectivity index (χ2n) is 4.32. The maximum atomic E-state index is 11.8. The molecule has 4 N–H and O–H groups in total. The number of carbonyl (C=O) groups is 2. The molecular weight excluding hydrogens is 286 g/mol. The van der Waals surface area contributed by atoms with E-state index in [9.17, 15) is 18.0 Å². The number of hydrogen-bond acceptors (Lipinski definition) is 4. The Morgan fingerprint density at radius 2 is 2.05 bits per heavy atom. The first-order valence-corrected chi connectivity index (χ1v) is 7.45. The van der Waals surface area contributed by atoms with E-state index in [0.717, 1.165) is 0 Å². The van der Waals surface area contributed by atoms with Crippen LogP contribution in [0.3, 0.4) is 0 Å². The van der Waals surface area contributed by atoms with Gasteiger partial charge in [-0.15, -0.1) is 0 Å². The van der Waals surface area contributed by atoms with Crippen LogP contribution in [-0.4, -0.2) is 36.5 Å². The molecule has 0 spiro atoms. The van der Waals surface area contributed by atoms with Gasteiger partial charge in [0.2, 0.25) is 10.0 Å². The smallest absolute Gasteiger partial charge is 0.303 e. The van der Waals surface area contributed by atoms with Crippen molar-refractivity contribution in [3.05, 3.63) is 18.0 Å². The molecule has 8 nitrogen and oxygen atoms in total. The van der Waals surface area contributed by atoms with E-state index in [1.54, 1.807) is 0 Å². The van der Waals surface area contributed by atoms with Crippen molar-refractivity contribution in [1.29, 1.82) is 0 Å². The molecule has 0 aliphatic carbocycles. The molecule has 0 bridgehead atoms. The molecule has 0 aliphatic heterocycles. The average molecular weight is 303 g/mol. The van der Waals surface area contributed by atoms with Crippen LogP contribution in [0.4, 0.5) is 0 Å². The number of carboxylic acid groups (broad SMARTS) is 1. The molecule has 112 valence electrons. The molecule has 1 aromatic heterocycles. The molecule has 1 heterocycles. The number of carboxylic acids is 1. The predicted octanol–water partition coefficient (Wildman–Crippen LogP) is -0.343. The summed E-state index contributed by atoms with van der Waals surface area (Å²) in [6.07, 6.45) is 2.31. The van der Waals surface area contributed by atoms with E-state index >= 15 is 0 Å². The summed E-state index contributed by atoms with van der Waals surface area (Å²) in [5.74, 6) is -1.31. The molecule has 0 atom stereocenters. The average Bonchev–Trinajstić information content (AvgIpc) is 2.70. The summed E-state index contributed by atoms with van der Waals surface area (Å²) in [5, 5.41) is 16.0. The first kappa shape index (κ1) is 16.2. The standard InChI is InChI=1S/C11H17N3O5S/c1-14-7-8(20(12,18)19)6-9(14)11(17)13-5-3-2-4-10(15)16/h6-7H,2-5H2,1H3,(H,13,17)(H,15,16)(H2,12,18,19). The quantitative estimate of drug-likeness (QED) is 0.593. The molecule has 0 radical (unpaired) electrons. The lowest BCUT2D eigenvalue weighted by atomic mass is 10.2. The first-order valence-electron chi connectivity index (χ1n) is 5.91. The maximum Gasteiger partial charge on any atom is 0.303 e. The zero-order valence-corrected chi connectivity index (χ0v) is 11.8. The van der Waals surface area contributed by atoms with Crippen LogP contribution >= 0.6 is 0 Å². The number of hydrogen-bond donors (Lipinski definition) is 3. The third kappa shape index (κ3) is 4.67. The number of carbonyl (C=O) groups excluding carboxylic acids is 1. The van der Waals surface area contributed by atoms with Crippen LogP contribution in [0.15, 0.2) is 17.2 Å². The number of aliphatic carboxylic acids is 1. The number of sulfonamides is 1. The molecule has 9 heteroatoms. The highest BCUT2D eigenvalue weighted by molar-refractivity contribution is 7.89. The molecule has 1 rings (SSSR count).